The molecule has 0 aliphatic heterocycles. The van der Waals surface area contributed by atoms with Crippen LogP contribution < -0.4 is 4.74 Å². The van der Waals surface area contributed by atoms with Gasteiger partial charge in [0, 0.05) is 6.07 Å². The Bertz CT molecular complexity index is 765. The Morgan fingerprint density at radius 2 is 1.54 bits per heavy atom. The van der Waals surface area contributed by atoms with Gasteiger partial charge in [0.15, 0.2) is 11.6 Å². The summed E-state index contributed by atoms with van der Waals surface area (Å²) in [6, 6.07) is 8.41. The number of aryl methyl sites for hydroxylation is 1. The molecule has 1 aliphatic rings. The van der Waals surface area contributed by atoms with Crippen LogP contribution in [0.4, 0.5) is 17.6 Å². The van der Waals surface area contributed by atoms with Crippen molar-refractivity contribution in [3.05, 3.63) is 65.2 Å². The summed E-state index contributed by atoms with van der Waals surface area (Å²) in [7, 11) is 0. The van der Waals surface area contributed by atoms with Crippen LogP contribution in [-0.4, -0.2) is 0 Å². The topological polar surface area (TPSA) is 9.23 Å². The quantitative estimate of drug-likeness (QED) is 0.450. The molecule has 0 bridgehead atoms. The second-order valence-electron chi connectivity index (χ2n) is 7.73. The first kappa shape index (κ1) is 20.7. The highest BCUT2D eigenvalue weighted by atomic mass is 19.3. The van der Waals surface area contributed by atoms with Gasteiger partial charge in [-0.05, 0) is 54.5 Å². The molecule has 0 amide bonds. The lowest BCUT2D eigenvalue weighted by Crippen LogP contribution is -2.22. The first-order valence-corrected chi connectivity index (χ1v) is 9.98. The molecule has 1 saturated carbocycles. The van der Waals surface area contributed by atoms with Gasteiger partial charge >= 0.3 is 6.11 Å². The normalized spacial score (nSPS) is 20.2. The summed E-state index contributed by atoms with van der Waals surface area (Å²) in [6.07, 6.45) is 4.71. The maximum Gasteiger partial charge on any atom is 0.426 e. The summed E-state index contributed by atoms with van der Waals surface area (Å²) in [5.41, 5.74) is 0.703. The zero-order chi connectivity index (χ0) is 20.1. The minimum atomic E-state index is -3.62. The van der Waals surface area contributed by atoms with Crippen LogP contribution in [-0.2, 0) is 12.5 Å². The van der Waals surface area contributed by atoms with E-state index < -0.39 is 23.5 Å². The predicted molar refractivity (Wildman–Crippen MR) is 101 cm³/mol. The van der Waals surface area contributed by atoms with E-state index in [0.29, 0.717) is 6.07 Å². The molecule has 0 aromatic heterocycles. The van der Waals surface area contributed by atoms with Gasteiger partial charge in [0.1, 0.15) is 5.75 Å². The minimum absolute atomic E-state index is 0.315. The van der Waals surface area contributed by atoms with Gasteiger partial charge in [-0.2, -0.15) is 8.78 Å². The van der Waals surface area contributed by atoms with Crippen LogP contribution in [0.25, 0.3) is 0 Å². The summed E-state index contributed by atoms with van der Waals surface area (Å²) in [5.74, 6) is -1.16. The van der Waals surface area contributed by atoms with Crippen molar-refractivity contribution in [2.75, 3.05) is 0 Å². The number of ether oxygens (including phenoxy) is 1. The first-order chi connectivity index (χ1) is 13.4. The highest BCUT2D eigenvalue weighted by Gasteiger charge is 2.34. The second kappa shape index (κ2) is 8.97. The molecule has 0 saturated heterocycles. The third-order valence-electron chi connectivity index (χ3n) is 5.81. The number of alkyl halides is 2. The molecule has 2 aromatic rings. The van der Waals surface area contributed by atoms with E-state index in [9.17, 15) is 17.6 Å². The van der Waals surface area contributed by atoms with Gasteiger partial charge in [0.25, 0.3) is 0 Å². The van der Waals surface area contributed by atoms with Crippen molar-refractivity contribution in [2.24, 2.45) is 11.8 Å². The van der Waals surface area contributed by atoms with E-state index in [1.807, 2.05) is 0 Å². The highest BCUT2D eigenvalue weighted by Crippen LogP contribution is 2.34. The zero-order valence-corrected chi connectivity index (χ0v) is 16.1. The average molecular weight is 394 g/mol. The third kappa shape index (κ3) is 5.27. The van der Waals surface area contributed by atoms with Crippen molar-refractivity contribution in [1.82, 2.24) is 0 Å². The van der Waals surface area contributed by atoms with E-state index in [-0.39, 0.29) is 5.56 Å². The SMILES string of the molecule is CCC1CCC(CCc2ccc(C(F)(F)Oc3ccc(F)c(F)c3)cc2)CC1. The fourth-order valence-electron chi connectivity index (χ4n) is 3.91. The molecule has 0 N–H and O–H groups in total. The Kier molecular flexibility index (Phi) is 6.63. The lowest BCUT2D eigenvalue weighted by Gasteiger charge is -2.27. The summed E-state index contributed by atoms with van der Waals surface area (Å²) >= 11 is 0. The standard InChI is InChI=1S/C23H26F4O/c1-2-16-3-5-17(6-4-16)7-8-18-9-11-19(12-10-18)23(26,27)28-20-13-14-21(24)22(25)15-20/h9-17H,2-8H2,1H3. The summed E-state index contributed by atoms with van der Waals surface area (Å²) in [5, 5.41) is 0. The van der Waals surface area contributed by atoms with E-state index >= 15 is 0 Å². The van der Waals surface area contributed by atoms with Crippen LogP contribution in [0.15, 0.2) is 42.5 Å². The molecule has 3 rings (SSSR count). The highest BCUT2D eigenvalue weighted by molar-refractivity contribution is 5.28. The van der Waals surface area contributed by atoms with Crippen molar-refractivity contribution >= 4 is 0 Å². The van der Waals surface area contributed by atoms with Gasteiger partial charge in [-0.15, -0.1) is 0 Å². The summed E-state index contributed by atoms with van der Waals surface area (Å²) in [6.45, 7) is 2.25. The molecule has 0 radical (unpaired) electrons. The maximum atomic E-state index is 14.3. The minimum Gasteiger partial charge on any atom is -0.429 e. The Morgan fingerprint density at radius 3 is 2.14 bits per heavy atom. The molecule has 28 heavy (non-hydrogen) atoms. The predicted octanol–water partition coefficient (Wildman–Crippen LogP) is 7.24. The maximum absolute atomic E-state index is 14.3. The summed E-state index contributed by atoms with van der Waals surface area (Å²) < 4.78 is 59.3. The van der Waals surface area contributed by atoms with E-state index in [0.717, 1.165) is 42.4 Å². The third-order valence-corrected chi connectivity index (χ3v) is 5.81. The Labute approximate surface area is 163 Å². The van der Waals surface area contributed by atoms with Crippen molar-refractivity contribution in [3.63, 3.8) is 0 Å². The largest absolute Gasteiger partial charge is 0.429 e. The number of hydrogen-bond acceptors (Lipinski definition) is 1. The number of rotatable bonds is 7. The molecule has 1 fully saturated rings. The summed E-state index contributed by atoms with van der Waals surface area (Å²) in [4.78, 5) is 0. The van der Waals surface area contributed by atoms with Crippen molar-refractivity contribution < 1.29 is 22.3 Å². The zero-order valence-electron chi connectivity index (χ0n) is 16.1. The molecule has 152 valence electrons. The molecule has 1 nitrogen and oxygen atoms in total. The van der Waals surface area contributed by atoms with Crippen LogP contribution in [0.1, 0.15) is 56.6 Å². The first-order valence-electron chi connectivity index (χ1n) is 9.98. The van der Waals surface area contributed by atoms with Crippen LogP contribution in [0.3, 0.4) is 0 Å². The monoisotopic (exact) mass is 394 g/mol. The van der Waals surface area contributed by atoms with Gasteiger partial charge < -0.3 is 4.74 Å². The lowest BCUT2D eigenvalue weighted by molar-refractivity contribution is -0.185. The van der Waals surface area contributed by atoms with Crippen LogP contribution in [0, 0.1) is 23.5 Å². The van der Waals surface area contributed by atoms with Crippen LogP contribution in [0.5, 0.6) is 5.75 Å². The molecule has 1 aliphatic carbocycles. The molecule has 0 heterocycles. The Morgan fingerprint density at radius 1 is 0.893 bits per heavy atom. The fourth-order valence-corrected chi connectivity index (χ4v) is 3.91. The molecular weight excluding hydrogens is 368 g/mol. The Hall–Kier alpha value is -2.04. The molecule has 0 spiro atoms. The molecule has 2 aromatic carbocycles. The molecule has 0 atom stereocenters. The van der Waals surface area contributed by atoms with E-state index in [2.05, 4.69) is 11.7 Å². The second-order valence-corrected chi connectivity index (χ2v) is 7.73. The molecular formula is C23H26F4O. The fraction of sp³-hybridized carbons (Fsp3) is 0.478. The average Bonchev–Trinajstić information content (AvgIpc) is 2.70. The van der Waals surface area contributed by atoms with Gasteiger partial charge in [-0.3, -0.25) is 0 Å². The van der Waals surface area contributed by atoms with E-state index in [1.165, 1.54) is 44.2 Å². The number of benzene rings is 2. The van der Waals surface area contributed by atoms with E-state index in [1.54, 1.807) is 12.1 Å². The Balaban J connectivity index is 1.56. The molecule has 0 unspecified atom stereocenters. The van der Waals surface area contributed by atoms with E-state index in [4.69, 9.17) is 0 Å². The van der Waals surface area contributed by atoms with Crippen molar-refractivity contribution in [3.8, 4) is 5.75 Å². The van der Waals surface area contributed by atoms with Crippen LogP contribution >= 0.6 is 0 Å². The molecule has 5 heteroatoms. The van der Waals surface area contributed by atoms with Crippen molar-refractivity contribution in [1.29, 1.82) is 0 Å². The van der Waals surface area contributed by atoms with Crippen molar-refractivity contribution in [2.45, 2.75) is 58.0 Å². The van der Waals surface area contributed by atoms with Gasteiger partial charge in [-0.1, -0.05) is 51.2 Å². The van der Waals surface area contributed by atoms with Crippen LogP contribution in [0.2, 0.25) is 0 Å². The van der Waals surface area contributed by atoms with Gasteiger partial charge in [0.05, 0.1) is 5.56 Å². The van der Waals surface area contributed by atoms with Gasteiger partial charge in [0.2, 0.25) is 0 Å². The van der Waals surface area contributed by atoms with Gasteiger partial charge in [-0.25, -0.2) is 8.78 Å². The number of halogens is 4. The smallest absolute Gasteiger partial charge is 0.426 e. The lowest BCUT2D eigenvalue weighted by atomic mass is 9.78. The number of hydrogen-bond donors (Lipinski definition) is 0.